The highest BCUT2D eigenvalue weighted by atomic mass is 35.5. The van der Waals surface area contributed by atoms with Gasteiger partial charge >= 0.3 is 0 Å². The van der Waals surface area contributed by atoms with Crippen molar-refractivity contribution in [1.82, 2.24) is 5.32 Å². The minimum atomic E-state index is 0.115. The van der Waals surface area contributed by atoms with E-state index in [1.54, 1.807) is 0 Å². The van der Waals surface area contributed by atoms with Crippen LogP contribution in [0.3, 0.4) is 0 Å². The first-order chi connectivity index (χ1) is 8.46. The van der Waals surface area contributed by atoms with Crippen LogP contribution in [0.4, 0.5) is 0 Å². The maximum atomic E-state index is 6.32. The standard InChI is InChI=1S/C14H20ClNOS/c1-14(2,3)16-7-10-5-4-6-12(15)13(10)18-11-8-17-9-11/h4-6,11,16H,7-9H2,1-3H3. The highest BCUT2D eigenvalue weighted by molar-refractivity contribution is 8.00. The summed E-state index contributed by atoms with van der Waals surface area (Å²) in [6.07, 6.45) is 0. The summed E-state index contributed by atoms with van der Waals surface area (Å²) in [6.45, 7) is 9.03. The van der Waals surface area contributed by atoms with E-state index in [0.29, 0.717) is 5.25 Å². The Morgan fingerprint density at radius 2 is 2.11 bits per heavy atom. The van der Waals surface area contributed by atoms with Crippen molar-refractivity contribution >= 4 is 23.4 Å². The molecule has 1 N–H and O–H groups in total. The maximum absolute atomic E-state index is 6.32. The molecule has 100 valence electrons. The van der Waals surface area contributed by atoms with Crippen molar-refractivity contribution in [2.45, 2.75) is 43.0 Å². The number of hydrogen-bond donors (Lipinski definition) is 1. The van der Waals surface area contributed by atoms with Crippen molar-refractivity contribution in [3.63, 3.8) is 0 Å². The van der Waals surface area contributed by atoms with Crippen LogP contribution in [0, 0.1) is 0 Å². The fourth-order valence-electron chi connectivity index (χ4n) is 1.63. The Balaban J connectivity index is 2.09. The lowest BCUT2D eigenvalue weighted by Crippen LogP contribution is -2.35. The van der Waals surface area contributed by atoms with Crippen molar-refractivity contribution in [3.05, 3.63) is 28.8 Å². The summed E-state index contributed by atoms with van der Waals surface area (Å²) >= 11 is 8.15. The smallest absolute Gasteiger partial charge is 0.0611 e. The minimum Gasteiger partial charge on any atom is -0.379 e. The first kappa shape index (κ1) is 14.2. The highest BCUT2D eigenvalue weighted by Gasteiger charge is 2.22. The molecule has 0 aromatic heterocycles. The van der Waals surface area contributed by atoms with E-state index in [1.165, 1.54) is 10.5 Å². The largest absolute Gasteiger partial charge is 0.379 e. The van der Waals surface area contributed by atoms with Gasteiger partial charge < -0.3 is 10.1 Å². The molecule has 1 fully saturated rings. The van der Waals surface area contributed by atoms with Crippen LogP contribution in [-0.4, -0.2) is 24.0 Å². The molecule has 0 atom stereocenters. The Morgan fingerprint density at radius 1 is 1.39 bits per heavy atom. The van der Waals surface area contributed by atoms with Crippen molar-refractivity contribution in [2.24, 2.45) is 0 Å². The van der Waals surface area contributed by atoms with E-state index in [-0.39, 0.29) is 5.54 Å². The number of nitrogens with one attached hydrogen (secondary N) is 1. The van der Waals surface area contributed by atoms with Gasteiger partial charge in [0.05, 0.1) is 23.5 Å². The van der Waals surface area contributed by atoms with Crippen LogP contribution in [0.15, 0.2) is 23.1 Å². The van der Waals surface area contributed by atoms with Crippen LogP contribution in [0.1, 0.15) is 26.3 Å². The normalized spacial score (nSPS) is 16.7. The molecular weight excluding hydrogens is 266 g/mol. The van der Waals surface area contributed by atoms with E-state index in [0.717, 1.165) is 24.8 Å². The summed E-state index contributed by atoms with van der Waals surface area (Å²) in [5.74, 6) is 0. The Bertz CT molecular complexity index is 413. The first-order valence-corrected chi connectivity index (χ1v) is 7.48. The van der Waals surface area contributed by atoms with E-state index in [1.807, 2.05) is 23.9 Å². The van der Waals surface area contributed by atoms with Crippen molar-refractivity contribution < 1.29 is 4.74 Å². The van der Waals surface area contributed by atoms with E-state index in [9.17, 15) is 0 Å². The molecule has 1 aliphatic heterocycles. The molecule has 1 aliphatic rings. The van der Waals surface area contributed by atoms with Crippen molar-refractivity contribution in [3.8, 4) is 0 Å². The maximum Gasteiger partial charge on any atom is 0.0611 e. The minimum absolute atomic E-state index is 0.115. The number of halogens is 1. The first-order valence-electron chi connectivity index (χ1n) is 6.22. The summed E-state index contributed by atoms with van der Waals surface area (Å²) in [6, 6.07) is 6.12. The summed E-state index contributed by atoms with van der Waals surface area (Å²) in [5.41, 5.74) is 1.39. The Hall–Kier alpha value is -0.220. The zero-order chi connectivity index (χ0) is 13.2. The Kier molecular flexibility index (Phi) is 4.59. The fourth-order valence-corrected chi connectivity index (χ4v) is 3.10. The highest BCUT2D eigenvalue weighted by Crippen LogP contribution is 2.36. The van der Waals surface area contributed by atoms with Gasteiger partial charge in [-0.05, 0) is 32.4 Å². The number of ether oxygens (including phenoxy) is 1. The van der Waals surface area contributed by atoms with Crippen molar-refractivity contribution in [1.29, 1.82) is 0 Å². The third-order valence-corrected chi connectivity index (χ3v) is 4.50. The predicted molar refractivity (Wildman–Crippen MR) is 78.5 cm³/mol. The van der Waals surface area contributed by atoms with Gasteiger partial charge in [-0.25, -0.2) is 0 Å². The monoisotopic (exact) mass is 285 g/mol. The Morgan fingerprint density at radius 3 is 2.67 bits per heavy atom. The number of rotatable bonds is 4. The molecule has 2 rings (SSSR count). The van der Waals surface area contributed by atoms with Crippen LogP contribution in [0.5, 0.6) is 0 Å². The SMILES string of the molecule is CC(C)(C)NCc1cccc(Cl)c1SC1COC1. The van der Waals surface area contributed by atoms with Gasteiger partial charge in [-0.1, -0.05) is 23.7 Å². The molecule has 4 heteroatoms. The number of benzene rings is 1. The van der Waals surface area contributed by atoms with E-state index >= 15 is 0 Å². The molecule has 0 saturated carbocycles. The zero-order valence-electron chi connectivity index (χ0n) is 11.1. The molecule has 0 radical (unpaired) electrons. The van der Waals surface area contributed by atoms with Gasteiger partial charge in [0, 0.05) is 17.0 Å². The summed E-state index contributed by atoms with van der Waals surface area (Å²) in [5, 5.41) is 4.91. The fraction of sp³-hybridized carbons (Fsp3) is 0.571. The summed E-state index contributed by atoms with van der Waals surface area (Å²) < 4.78 is 5.22. The van der Waals surface area contributed by atoms with Gasteiger partial charge in [-0.15, -0.1) is 11.8 Å². The van der Waals surface area contributed by atoms with E-state index in [4.69, 9.17) is 16.3 Å². The molecular formula is C14H20ClNOS. The molecule has 18 heavy (non-hydrogen) atoms. The second-order valence-electron chi connectivity index (χ2n) is 5.61. The van der Waals surface area contributed by atoms with Crippen LogP contribution in [0.2, 0.25) is 5.02 Å². The second-order valence-corrected chi connectivity index (χ2v) is 7.33. The van der Waals surface area contributed by atoms with Gasteiger partial charge in [-0.2, -0.15) is 0 Å². The molecule has 0 aliphatic carbocycles. The van der Waals surface area contributed by atoms with E-state index < -0.39 is 0 Å². The van der Waals surface area contributed by atoms with Gasteiger partial charge in [0.2, 0.25) is 0 Å². The topological polar surface area (TPSA) is 21.3 Å². The average Bonchev–Trinajstić information content (AvgIpc) is 2.21. The number of thioether (sulfide) groups is 1. The van der Waals surface area contributed by atoms with Crippen LogP contribution < -0.4 is 5.32 Å². The second kappa shape index (κ2) is 5.83. The molecule has 0 unspecified atom stereocenters. The summed E-state index contributed by atoms with van der Waals surface area (Å²) in [4.78, 5) is 1.20. The Labute approximate surface area is 118 Å². The molecule has 0 amide bonds. The lowest BCUT2D eigenvalue weighted by atomic mass is 10.1. The predicted octanol–water partition coefficient (Wildman–Crippen LogP) is 3.72. The quantitative estimate of drug-likeness (QED) is 0.911. The van der Waals surface area contributed by atoms with Crippen LogP contribution in [-0.2, 0) is 11.3 Å². The molecule has 2 nitrogen and oxygen atoms in total. The van der Waals surface area contributed by atoms with Gasteiger partial charge in [0.25, 0.3) is 0 Å². The third kappa shape index (κ3) is 3.89. The van der Waals surface area contributed by atoms with E-state index in [2.05, 4.69) is 32.2 Å². The average molecular weight is 286 g/mol. The van der Waals surface area contributed by atoms with Gasteiger partial charge in [0.15, 0.2) is 0 Å². The number of hydrogen-bond acceptors (Lipinski definition) is 3. The summed E-state index contributed by atoms with van der Waals surface area (Å²) in [7, 11) is 0. The van der Waals surface area contributed by atoms with Crippen LogP contribution in [0.25, 0.3) is 0 Å². The molecule has 1 saturated heterocycles. The molecule has 0 spiro atoms. The van der Waals surface area contributed by atoms with Crippen molar-refractivity contribution in [2.75, 3.05) is 13.2 Å². The molecule has 1 aromatic rings. The zero-order valence-corrected chi connectivity index (χ0v) is 12.7. The molecule has 0 bridgehead atoms. The molecule has 1 heterocycles. The lowest BCUT2D eigenvalue weighted by Gasteiger charge is -2.27. The van der Waals surface area contributed by atoms with Gasteiger partial charge in [0.1, 0.15) is 0 Å². The van der Waals surface area contributed by atoms with Gasteiger partial charge in [-0.3, -0.25) is 0 Å². The molecule has 1 aromatic carbocycles. The van der Waals surface area contributed by atoms with Crippen LogP contribution >= 0.6 is 23.4 Å². The third-order valence-electron chi connectivity index (χ3n) is 2.75. The lowest BCUT2D eigenvalue weighted by molar-refractivity contribution is 0.0455.